The predicted molar refractivity (Wildman–Crippen MR) is 105 cm³/mol. The molecule has 7 nitrogen and oxygen atoms in total. The van der Waals surface area contributed by atoms with Gasteiger partial charge in [0.25, 0.3) is 0 Å². The molecule has 2 aromatic rings. The molecule has 1 saturated heterocycles. The zero-order valence-electron chi connectivity index (χ0n) is 16.4. The normalized spacial score (nSPS) is 20.9. The lowest BCUT2D eigenvalue weighted by Gasteiger charge is -2.26. The molecule has 0 radical (unpaired) electrons. The van der Waals surface area contributed by atoms with Gasteiger partial charge in [0.1, 0.15) is 11.2 Å². The summed E-state index contributed by atoms with van der Waals surface area (Å²) in [6.07, 6.45) is 4.11. The molecular weight excluding hydrogens is 363 g/mol. The van der Waals surface area contributed by atoms with E-state index in [9.17, 15) is 19.1 Å². The number of carboxylic acid groups (broad SMARTS) is 1. The number of carboxylic acids is 1. The minimum atomic E-state index is -1.30. The van der Waals surface area contributed by atoms with Gasteiger partial charge in [0.05, 0.1) is 5.39 Å². The van der Waals surface area contributed by atoms with E-state index in [1.165, 1.54) is 6.20 Å². The van der Waals surface area contributed by atoms with Gasteiger partial charge in [-0.15, -0.1) is 0 Å². The Morgan fingerprint density at radius 2 is 2.07 bits per heavy atom. The molecule has 2 atom stereocenters. The summed E-state index contributed by atoms with van der Waals surface area (Å²) in [6, 6.07) is 1.65. The fraction of sp³-hybridized carbons (Fsp3) is 0.550. The molecule has 2 aliphatic rings. The van der Waals surface area contributed by atoms with E-state index in [1.807, 2.05) is 19.0 Å². The average molecular weight is 388 g/mol. The fourth-order valence-corrected chi connectivity index (χ4v) is 4.04. The molecule has 0 spiro atoms. The maximum Gasteiger partial charge on any atom is 0.341 e. The highest BCUT2D eigenvalue weighted by Gasteiger charge is 2.32. The third-order valence-electron chi connectivity index (χ3n) is 6.13. The summed E-state index contributed by atoms with van der Waals surface area (Å²) in [4.78, 5) is 32.6. The van der Waals surface area contributed by atoms with Gasteiger partial charge in [-0.2, -0.15) is 0 Å². The standard InChI is InChI=1S/C20H25FN4O3/c1-11(23(2)3)12-6-7-24(9-12)19-16(21)8-14-17(26)15(20(27)28)10-25(13-4-5-13)18(14)22-19/h8,10-13H,4-7,9H2,1-3H3,(H,27,28)/t11-,12-/m1/s1. The summed E-state index contributed by atoms with van der Waals surface area (Å²) in [6.45, 7) is 3.57. The Balaban J connectivity index is 1.78. The van der Waals surface area contributed by atoms with Crippen molar-refractivity contribution in [2.24, 2.45) is 5.92 Å². The molecule has 28 heavy (non-hydrogen) atoms. The maximum absolute atomic E-state index is 14.9. The zero-order chi connectivity index (χ0) is 20.2. The van der Waals surface area contributed by atoms with Gasteiger partial charge in [-0.05, 0) is 52.3 Å². The minimum absolute atomic E-state index is 0.0328. The van der Waals surface area contributed by atoms with Crippen LogP contribution in [0.25, 0.3) is 11.0 Å². The second-order valence-corrected chi connectivity index (χ2v) is 8.18. The molecule has 0 amide bonds. The van der Waals surface area contributed by atoms with Gasteiger partial charge in [-0.3, -0.25) is 4.79 Å². The number of anilines is 1. The molecule has 8 heteroatoms. The quantitative estimate of drug-likeness (QED) is 0.847. The first-order valence-electron chi connectivity index (χ1n) is 9.68. The van der Waals surface area contributed by atoms with Gasteiger partial charge in [0, 0.05) is 31.4 Å². The van der Waals surface area contributed by atoms with Crippen molar-refractivity contribution in [2.75, 3.05) is 32.1 Å². The summed E-state index contributed by atoms with van der Waals surface area (Å²) < 4.78 is 16.6. The summed E-state index contributed by atoms with van der Waals surface area (Å²) >= 11 is 0. The number of carbonyl (C=O) groups is 1. The van der Waals surface area contributed by atoms with Gasteiger partial charge in [0.2, 0.25) is 5.43 Å². The van der Waals surface area contributed by atoms with Crippen molar-refractivity contribution in [3.8, 4) is 0 Å². The molecular formula is C20H25FN4O3. The van der Waals surface area contributed by atoms with E-state index in [1.54, 1.807) is 4.57 Å². The first kappa shape index (κ1) is 18.9. The summed E-state index contributed by atoms with van der Waals surface area (Å²) in [5.74, 6) is -1.22. The highest BCUT2D eigenvalue weighted by atomic mass is 19.1. The average Bonchev–Trinajstić information content (AvgIpc) is 3.37. The minimum Gasteiger partial charge on any atom is -0.477 e. The number of pyridine rings is 2. The largest absolute Gasteiger partial charge is 0.477 e. The van der Waals surface area contributed by atoms with Crippen LogP contribution in [0, 0.1) is 11.7 Å². The van der Waals surface area contributed by atoms with Crippen molar-refractivity contribution in [3.63, 3.8) is 0 Å². The summed E-state index contributed by atoms with van der Waals surface area (Å²) in [5, 5.41) is 9.37. The summed E-state index contributed by atoms with van der Waals surface area (Å²) in [7, 11) is 4.08. The van der Waals surface area contributed by atoms with Crippen molar-refractivity contribution >= 4 is 22.8 Å². The maximum atomic E-state index is 14.9. The van der Waals surface area contributed by atoms with Crippen LogP contribution in [0.1, 0.15) is 42.6 Å². The lowest BCUT2D eigenvalue weighted by molar-refractivity contribution is 0.0695. The zero-order valence-corrected chi connectivity index (χ0v) is 16.4. The highest BCUT2D eigenvalue weighted by molar-refractivity contribution is 5.92. The van der Waals surface area contributed by atoms with E-state index in [-0.39, 0.29) is 22.8 Å². The molecule has 0 bridgehead atoms. The topological polar surface area (TPSA) is 78.7 Å². The van der Waals surface area contributed by atoms with E-state index >= 15 is 0 Å². The number of aromatic carboxylic acids is 1. The van der Waals surface area contributed by atoms with Crippen molar-refractivity contribution in [1.82, 2.24) is 14.5 Å². The van der Waals surface area contributed by atoms with Crippen LogP contribution in [-0.2, 0) is 0 Å². The first-order chi connectivity index (χ1) is 13.3. The number of hydrogen-bond donors (Lipinski definition) is 1. The van der Waals surface area contributed by atoms with Crippen molar-refractivity contribution < 1.29 is 14.3 Å². The third-order valence-corrected chi connectivity index (χ3v) is 6.13. The van der Waals surface area contributed by atoms with Gasteiger partial charge in [-0.1, -0.05) is 0 Å². The third kappa shape index (κ3) is 3.15. The number of halogens is 1. The van der Waals surface area contributed by atoms with Gasteiger partial charge in [-0.25, -0.2) is 14.2 Å². The van der Waals surface area contributed by atoms with Crippen molar-refractivity contribution in [3.05, 3.63) is 33.9 Å². The van der Waals surface area contributed by atoms with Crippen LogP contribution in [0.15, 0.2) is 17.1 Å². The van der Waals surface area contributed by atoms with Crippen LogP contribution >= 0.6 is 0 Å². The molecule has 1 saturated carbocycles. The second-order valence-electron chi connectivity index (χ2n) is 8.18. The number of hydrogen-bond acceptors (Lipinski definition) is 5. The van der Waals surface area contributed by atoms with Crippen LogP contribution in [0.4, 0.5) is 10.2 Å². The Morgan fingerprint density at radius 3 is 2.68 bits per heavy atom. The van der Waals surface area contributed by atoms with Gasteiger partial charge < -0.3 is 19.5 Å². The molecule has 2 fully saturated rings. The molecule has 1 N–H and O–H groups in total. The Hall–Kier alpha value is -2.48. The summed E-state index contributed by atoms with van der Waals surface area (Å²) in [5.41, 5.74) is -0.648. The SMILES string of the molecule is C[C@H]([C@@H]1CCN(c2nc3c(cc2F)c(=O)c(C(=O)O)cn3C2CC2)C1)N(C)C. The number of fused-ring (bicyclic) bond motifs is 1. The smallest absolute Gasteiger partial charge is 0.341 e. The van der Waals surface area contributed by atoms with Gasteiger partial charge in [0.15, 0.2) is 11.6 Å². The molecule has 1 aliphatic carbocycles. The Morgan fingerprint density at radius 1 is 1.36 bits per heavy atom. The van der Waals surface area contributed by atoms with Gasteiger partial charge >= 0.3 is 5.97 Å². The number of nitrogens with zero attached hydrogens (tertiary/aromatic N) is 4. The Bertz CT molecular complexity index is 999. The molecule has 150 valence electrons. The Kier molecular flexibility index (Phi) is 4.61. The van der Waals surface area contributed by atoms with E-state index in [0.717, 1.165) is 25.3 Å². The monoisotopic (exact) mass is 388 g/mol. The van der Waals surface area contributed by atoms with Crippen LogP contribution in [0.2, 0.25) is 0 Å². The van der Waals surface area contributed by atoms with Crippen molar-refractivity contribution in [1.29, 1.82) is 0 Å². The van der Waals surface area contributed by atoms with E-state index in [4.69, 9.17) is 0 Å². The molecule has 2 aromatic heterocycles. The molecule has 0 unspecified atom stereocenters. The lowest BCUT2D eigenvalue weighted by atomic mass is 10.00. The molecule has 3 heterocycles. The van der Waals surface area contributed by atoms with Crippen molar-refractivity contribution in [2.45, 2.75) is 38.3 Å². The van der Waals surface area contributed by atoms with E-state index < -0.39 is 17.2 Å². The highest BCUT2D eigenvalue weighted by Crippen LogP contribution is 2.37. The van der Waals surface area contributed by atoms with Crippen LogP contribution in [0.5, 0.6) is 0 Å². The fourth-order valence-electron chi connectivity index (χ4n) is 4.04. The number of rotatable bonds is 5. The van der Waals surface area contributed by atoms with Crippen LogP contribution < -0.4 is 10.3 Å². The molecule has 1 aliphatic heterocycles. The molecule has 4 rings (SSSR count). The Labute approximate surface area is 162 Å². The van der Waals surface area contributed by atoms with E-state index in [0.29, 0.717) is 30.7 Å². The lowest BCUT2D eigenvalue weighted by Crippen LogP contribution is -2.34. The first-order valence-corrected chi connectivity index (χ1v) is 9.68. The second kappa shape index (κ2) is 6.84. The molecule has 0 aromatic carbocycles. The number of aromatic nitrogens is 2. The van der Waals surface area contributed by atoms with Crippen LogP contribution in [-0.4, -0.2) is 58.8 Å². The van der Waals surface area contributed by atoms with E-state index in [2.05, 4.69) is 16.8 Å². The predicted octanol–water partition coefficient (Wildman–Crippen LogP) is 2.35. The van der Waals surface area contributed by atoms with Crippen LogP contribution in [0.3, 0.4) is 0 Å².